The highest BCUT2D eigenvalue weighted by atomic mass is 16.5. The van der Waals surface area contributed by atoms with Gasteiger partial charge in [0.05, 0.1) is 19.0 Å². The van der Waals surface area contributed by atoms with Crippen LogP contribution in [0.4, 0.5) is 0 Å². The number of fused-ring (bicyclic) bond motifs is 2. The molecule has 0 amide bonds. The Labute approximate surface area is 228 Å². The minimum absolute atomic E-state index is 0.00785. The van der Waals surface area contributed by atoms with Crippen molar-refractivity contribution < 1.29 is 19.4 Å². The van der Waals surface area contributed by atoms with E-state index in [2.05, 4.69) is 58.3 Å². The van der Waals surface area contributed by atoms with Gasteiger partial charge in [-0.05, 0) is 60.2 Å². The van der Waals surface area contributed by atoms with Gasteiger partial charge in [0, 0.05) is 38.7 Å². The first-order chi connectivity index (χ1) is 18.8. The zero-order valence-corrected chi connectivity index (χ0v) is 23.1. The summed E-state index contributed by atoms with van der Waals surface area (Å²) < 4.78 is 13.1. The molecule has 0 bridgehead atoms. The van der Waals surface area contributed by atoms with E-state index in [0.29, 0.717) is 13.1 Å². The van der Waals surface area contributed by atoms with E-state index in [4.69, 9.17) is 9.47 Å². The van der Waals surface area contributed by atoms with Crippen LogP contribution in [0.2, 0.25) is 0 Å². The van der Waals surface area contributed by atoms with Crippen LogP contribution >= 0.6 is 0 Å². The molecule has 2 atom stereocenters. The largest absolute Gasteiger partial charge is 0.493 e. The summed E-state index contributed by atoms with van der Waals surface area (Å²) in [5.74, 6) is 0.254. The first kappa shape index (κ1) is 26.6. The summed E-state index contributed by atoms with van der Waals surface area (Å²) in [5.41, 5.74) is 7.93. The minimum Gasteiger partial charge on any atom is -0.493 e. The summed E-state index contributed by atoms with van der Waals surface area (Å²) in [6.07, 6.45) is 1.10. The van der Waals surface area contributed by atoms with Crippen molar-refractivity contribution in [3.05, 3.63) is 76.0 Å². The van der Waals surface area contributed by atoms with E-state index in [1.807, 2.05) is 20.0 Å². The van der Waals surface area contributed by atoms with E-state index in [0.717, 1.165) is 52.1 Å². The van der Waals surface area contributed by atoms with Gasteiger partial charge in [-0.15, -0.1) is 5.10 Å². The summed E-state index contributed by atoms with van der Waals surface area (Å²) in [5, 5.41) is 18.5. The van der Waals surface area contributed by atoms with Crippen molar-refractivity contribution in [3.8, 4) is 11.6 Å². The number of pyridine rings is 1. The number of esters is 1. The normalized spacial score (nSPS) is 16.4. The molecule has 1 aliphatic heterocycles. The van der Waals surface area contributed by atoms with Gasteiger partial charge in [0.2, 0.25) is 5.88 Å². The molecule has 0 fully saturated rings. The first-order valence-corrected chi connectivity index (χ1v) is 13.3. The molecule has 0 radical (unpaired) electrons. The molecule has 9 heteroatoms. The lowest BCUT2D eigenvalue weighted by Gasteiger charge is -2.25. The van der Waals surface area contributed by atoms with Crippen molar-refractivity contribution in [2.75, 3.05) is 13.7 Å². The number of nitrogens with zero attached hydrogens (tertiary/aromatic N) is 5. The number of carbonyl (C=O) groups is 1. The van der Waals surface area contributed by atoms with Crippen LogP contribution < -0.4 is 4.74 Å². The number of benzene rings is 2. The maximum absolute atomic E-state index is 12.6. The molecule has 3 heterocycles. The van der Waals surface area contributed by atoms with Crippen molar-refractivity contribution in [2.24, 2.45) is 7.05 Å². The van der Waals surface area contributed by atoms with Crippen LogP contribution in [0, 0.1) is 13.8 Å². The Morgan fingerprint density at radius 2 is 2.03 bits per heavy atom. The molecule has 4 aromatic rings. The summed E-state index contributed by atoms with van der Waals surface area (Å²) >= 11 is 0. The lowest BCUT2D eigenvalue weighted by Crippen LogP contribution is -2.32. The second kappa shape index (κ2) is 11.0. The van der Waals surface area contributed by atoms with Gasteiger partial charge in [-0.3, -0.25) is 9.69 Å². The summed E-state index contributed by atoms with van der Waals surface area (Å²) in [6, 6.07) is 13.9. The van der Waals surface area contributed by atoms with Crippen molar-refractivity contribution in [1.82, 2.24) is 24.9 Å². The number of carbonyl (C=O) groups excluding carboxylic acids is 1. The Balaban J connectivity index is 1.51. The molecule has 39 heavy (non-hydrogen) atoms. The first-order valence-electron chi connectivity index (χ1n) is 13.3. The Kier molecular flexibility index (Phi) is 7.52. The number of aromatic nitrogens is 4. The molecule has 1 aliphatic rings. The lowest BCUT2D eigenvalue weighted by molar-refractivity contribution is -0.140. The predicted octanol–water partition coefficient (Wildman–Crippen LogP) is 4.55. The highest BCUT2D eigenvalue weighted by Crippen LogP contribution is 2.35. The van der Waals surface area contributed by atoms with Crippen molar-refractivity contribution in [3.63, 3.8) is 0 Å². The number of ether oxygens (including phenoxy) is 2. The van der Waals surface area contributed by atoms with E-state index < -0.39 is 0 Å². The zero-order chi connectivity index (χ0) is 27.7. The number of aromatic hydroxyl groups is 1. The summed E-state index contributed by atoms with van der Waals surface area (Å²) in [4.78, 5) is 19.2. The highest BCUT2D eigenvalue weighted by molar-refractivity contribution is 5.80. The van der Waals surface area contributed by atoms with E-state index in [1.165, 1.54) is 18.2 Å². The van der Waals surface area contributed by atoms with E-state index in [9.17, 15) is 9.90 Å². The van der Waals surface area contributed by atoms with Gasteiger partial charge in [-0.25, -0.2) is 9.67 Å². The molecule has 0 spiro atoms. The lowest BCUT2D eigenvalue weighted by atomic mass is 9.84. The molecule has 1 unspecified atom stereocenters. The second-order valence-electron chi connectivity index (χ2n) is 10.3. The molecule has 0 saturated heterocycles. The molecule has 1 N–H and O–H groups in total. The second-order valence-corrected chi connectivity index (χ2v) is 10.3. The fraction of sp³-hybridized carbons (Fsp3) is 0.400. The molecule has 2 aromatic heterocycles. The van der Waals surface area contributed by atoms with Crippen molar-refractivity contribution in [1.29, 1.82) is 0 Å². The van der Waals surface area contributed by atoms with Gasteiger partial charge < -0.3 is 14.6 Å². The summed E-state index contributed by atoms with van der Waals surface area (Å²) in [7, 11) is 3.30. The average molecular weight is 530 g/mol. The summed E-state index contributed by atoms with van der Waals surface area (Å²) in [6.45, 7) is 8.25. The molecule has 204 valence electrons. The van der Waals surface area contributed by atoms with E-state index in [1.54, 1.807) is 16.8 Å². The van der Waals surface area contributed by atoms with Crippen LogP contribution in [-0.4, -0.2) is 55.7 Å². The highest BCUT2D eigenvalue weighted by Gasteiger charge is 2.26. The number of methoxy groups -OCH3 is 1. The maximum Gasteiger partial charge on any atom is 0.306 e. The Morgan fingerprint density at radius 3 is 2.79 bits per heavy atom. The quantitative estimate of drug-likeness (QED) is 0.348. The molecular weight excluding hydrogens is 494 g/mol. The maximum atomic E-state index is 12.6. The van der Waals surface area contributed by atoms with Crippen LogP contribution in [0.15, 0.2) is 42.5 Å². The standard InChI is InChI=1S/C30H35N5O4/c1-6-22-16-35(17-25-27(39-22)11-12-28(36)31-25)15-21-13-20(8-7-18(21)2)24(14-29(37)38-5)23-9-10-26-30(19(23)3)32-33-34(26)4/h7-13,22,24H,6,14-17H2,1-5H3,(H,31,36)/t22-,24?/m0/s1. The molecule has 0 aliphatic carbocycles. The average Bonchev–Trinajstić information content (AvgIpc) is 3.21. The Morgan fingerprint density at radius 1 is 1.21 bits per heavy atom. The third-order valence-electron chi connectivity index (χ3n) is 7.72. The molecule has 5 rings (SSSR count). The fourth-order valence-corrected chi connectivity index (χ4v) is 5.41. The van der Waals surface area contributed by atoms with Gasteiger partial charge in [-0.1, -0.05) is 36.4 Å². The molecule has 9 nitrogen and oxygen atoms in total. The van der Waals surface area contributed by atoms with E-state index >= 15 is 0 Å². The number of hydrogen-bond donors (Lipinski definition) is 1. The van der Waals surface area contributed by atoms with Crippen LogP contribution in [0.5, 0.6) is 11.6 Å². The van der Waals surface area contributed by atoms with Crippen LogP contribution in [0.3, 0.4) is 0 Å². The van der Waals surface area contributed by atoms with E-state index in [-0.39, 0.29) is 30.3 Å². The van der Waals surface area contributed by atoms with Crippen LogP contribution in [-0.2, 0) is 29.7 Å². The Hall–Kier alpha value is -3.98. The monoisotopic (exact) mass is 529 g/mol. The molecular formula is C30H35N5O4. The molecule has 0 saturated carbocycles. The number of hydrogen-bond acceptors (Lipinski definition) is 8. The Bertz CT molecular complexity index is 1520. The van der Waals surface area contributed by atoms with Crippen molar-refractivity contribution in [2.45, 2.75) is 58.7 Å². The smallest absolute Gasteiger partial charge is 0.306 e. The van der Waals surface area contributed by atoms with Gasteiger partial charge in [0.15, 0.2) is 0 Å². The van der Waals surface area contributed by atoms with Crippen LogP contribution in [0.25, 0.3) is 11.0 Å². The molecule has 2 aromatic carbocycles. The fourth-order valence-electron chi connectivity index (χ4n) is 5.41. The minimum atomic E-state index is -0.265. The van der Waals surface area contributed by atoms with Gasteiger partial charge >= 0.3 is 5.97 Å². The third-order valence-corrected chi connectivity index (χ3v) is 7.72. The predicted molar refractivity (Wildman–Crippen MR) is 148 cm³/mol. The van der Waals surface area contributed by atoms with Gasteiger partial charge in [0.1, 0.15) is 23.1 Å². The number of aryl methyl sites for hydroxylation is 3. The zero-order valence-electron chi connectivity index (χ0n) is 23.1. The SMILES string of the molecule is CC[C@H]1CN(Cc2cc(C(CC(=O)OC)c3ccc4c(nnn4C)c3C)ccc2C)Cc2nc(O)ccc2O1. The van der Waals surface area contributed by atoms with Gasteiger partial charge in [0.25, 0.3) is 0 Å². The van der Waals surface area contributed by atoms with Crippen molar-refractivity contribution >= 4 is 17.0 Å². The van der Waals surface area contributed by atoms with Crippen LogP contribution in [0.1, 0.15) is 59.2 Å². The third kappa shape index (κ3) is 5.45. The van der Waals surface area contributed by atoms with Gasteiger partial charge in [-0.2, -0.15) is 0 Å². The number of rotatable bonds is 7. The topological polar surface area (TPSA) is 103 Å².